The van der Waals surface area contributed by atoms with Crippen LogP contribution in [0, 0.1) is 0 Å². The Kier molecular flexibility index (Phi) is 7.22. The summed E-state index contributed by atoms with van der Waals surface area (Å²) in [6, 6.07) is 11.9. The Balaban J connectivity index is 1.28. The van der Waals surface area contributed by atoms with Crippen molar-refractivity contribution < 1.29 is 23.0 Å². The highest BCUT2D eigenvalue weighted by atomic mass is 19.3. The third kappa shape index (κ3) is 5.83. The van der Waals surface area contributed by atoms with E-state index in [2.05, 4.69) is 30.4 Å². The summed E-state index contributed by atoms with van der Waals surface area (Å²) in [4.78, 5) is 22.0. The molecule has 2 N–H and O–H groups in total. The fourth-order valence-corrected chi connectivity index (χ4v) is 4.31. The van der Waals surface area contributed by atoms with E-state index in [0.29, 0.717) is 30.2 Å². The number of halogens is 2. The Morgan fingerprint density at radius 2 is 1.95 bits per heavy atom. The lowest BCUT2D eigenvalue weighted by Gasteiger charge is -2.23. The van der Waals surface area contributed by atoms with E-state index in [4.69, 9.17) is 4.74 Å². The topological polar surface area (TPSA) is 103 Å². The number of carbonyl (C=O) groups is 1. The van der Waals surface area contributed by atoms with Crippen LogP contribution in [-0.2, 0) is 18.3 Å². The normalized spacial score (nSPS) is 14.2. The molecule has 1 amide bonds. The quantitative estimate of drug-likeness (QED) is 0.369. The van der Waals surface area contributed by atoms with E-state index in [1.807, 2.05) is 6.07 Å². The van der Waals surface area contributed by atoms with Crippen molar-refractivity contribution in [2.45, 2.75) is 32.0 Å². The maximum atomic E-state index is 13.0. The molecular formula is C26H26F2N6O3. The first kappa shape index (κ1) is 24.6. The number of hydrogen-bond donors (Lipinski definition) is 2. The molecule has 2 aromatic heterocycles. The zero-order chi connectivity index (χ0) is 25.8. The molecule has 37 heavy (non-hydrogen) atoms. The molecule has 0 spiro atoms. The van der Waals surface area contributed by atoms with E-state index in [-0.39, 0.29) is 24.2 Å². The summed E-state index contributed by atoms with van der Waals surface area (Å²) in [7, 11) is 1.78. The average molecular weight is 509 g/mol. The molecule has 1 aliphatic rings. The van der Waals surface area contributed by atoms with Crippen molar-refractivity contribution in [1.82, 2.24) is 25.1 Å². The molecule has 0 aliphatic carbocycles. The molecule has 4 aromatic rings. The number of nitrogens with zero attached hydrogens (tertiary/aromatic N) is 4. The number of carbonyl (C=O) groups excluding carboxylic acids is 1. The number of fused-ring (bicyclic) bond motifs is 1. The molecule has 192 valence electrons. The maximum absolute atomic E-state index is 13.0. The number of aryl methyl sites for hydroxylation is 1. The fraction of sp³-hybridized carbons (Fsp3) is 0.308. The highest BCUT2D eigenvalue weighted by Crippen LogP contribution is 2.26. The molecule has 0 bridgehead atoms. The molecule has 1 fully saturated rings. The summed E-state index contributed by atoms with van der Waals surface area (Å²) in [6.07, 6.45) is 5.20. The van der Waals surface area contributed by atoms with Crippen LogP contribution in [0.5, 0.6) is 5.75 Å². The van der Waals surface area contributed by atoms with Crippen molar-refractivity contribution in [3.8, 4) is 17.0 Å². The number of ether oxygens (including phenoxy) is 2. The molecule has 0 atom stereocenters. The largest absolute Gasteiger partial charge is 0.435 e. The van der Waals surface area contributed by atoms with Gasteiger partial charge in [0.25, 0.3) is 5.91 Å². The Labute approximate surface area is 211 Å². The van der Waals surface area contributed by atoms with Crippen LogP contribution in [-0.4, -0.2) is 51.5 Å². The second-order valence-corrected chi connectivity index (χ2v) is 8.73. The predicted octanol–water partition coefficient (Wildman–Crippen LogP) is 4.15. The monoisotopic (exact) mass is 508 g/mol. The molecule has 11 heteroatoms. The number of nitrogens with one attached hydrogen (secondary N) is 2. The molecule has 1 saturated heterocycles. The van der Waals surface area contributed by atoms with E-state index >= 15 is 0 Å². The van der Waals surface area contributed by atoms with E-state index in [9.17, 15) is 13.6 Å². The van der Waals surface area contributed by atoms with Crippen LogP contribution in [0.4, 0.5) is 14.7 Å². The number of aromatic nitrogens is 4. The smallest absolute Gasteiger partial charge is 0.387 e. The summed E-state index contributed by atoms with van der Waals surface area (Å²) < 4.78 is 36.4. The Morgan fingerprint density at radius 1 is 1.16 bits per heavy atom. The van der Waals surface area contributed by atoms with Gasteiger partial charge in [-0.05, 0) is 49.2 Å². The summed E-state index contributed by atoms with van der Waals surface area (Å²) in [6.45, 7) is -1.22. The second kappa shape index (κ2) is 10.9. The van der Waals surface area contributed by atoms with E-state index in [1.54, 1.807) is 48.4 Å². The van der Waals surface area contributed by atoms with Gasteiger partial charge in [-0.2, -0.15) is 13.9 Å². The number of amides is 1. The van der Waals surface area contributed by atoms with Crippen LogP contribution in [0.3, 0.4) is 0 Å². The van der Waals surface area contributed by atoms with Gasteiger partial charge in [0.05, 0.1) is 17.4 Å². The van der Waals surface area contributed by atoms with Crippen molar-refractivity contribution in [3.05, 3.63) is 66.0 Å². The Hall–Kier alpha value is -4.12. The minimum Gasteiger partial charge on any atom is -0.435 e. The molecule has 3 heterocycles. The van der Waals surface area contributed by atoms with Crippen molar-refractivity contribution in [2.75, 3.05) is 18.5 Å². The van der Waals surface area contributed by atoms with Gasteiger partial charge in [-0.1, -0.05) is 6.07 Å². The van der Waals surface area contributed by atoms with Gasteiger partial charge in [-0.25, -0.2) is 9.97 Å². The molecule has 1 aliphatic heterocycles. The van der Waals surface area contributed by atoms with Gasteiger partial charge in [-0.15, -0.1) is 0 Å². The van der Waals surface area contributed by atoms with E-state index < -0.39 is 6.61 Å². The highest BCUT2D eigenvalue weighted by Gasteiger charge is 2.16. The Bertz CT molecular complexity index is 1390. The summed E-state index contributed by atoms with van der Waals surface area (Å²) in [5.41, 5.74) is 3.45. The minimum absolute atomic E-state index is 0.0713. The molecule has 0 unspecified atom stereocenters. The average Bonchev–Trinajstić information content (AvgIpc) is 3.27. The van der Waals surface area contributed by atoms with Crippen LogP contribution in [0.15, 0.2) is 54.9 Å². The first-order valence-electron chi connectivity index (χ1n) is 11.9. The SMILES string of the molecule is Cn1ncc(CNC(=O)c2ccc3cnc(NC4CCOCC4)nc3c2)c1-c1ccc(OC(F)F)cc1. The molecule has 9 nitrogen and oxygen atoms in total. The number of benzene rings is 2. The molecule has 2 aromatic carbocycles. The third-order valence-electron chi connectivity index (χ3n) is 6.21. The van der Waals surface area contributed by atoms with Gasteiger partial charge in [0.1, 0.15) is 5.75 Å². The van der Waals surface area contributed by atoms with Crippen LogP contribution in [0.2, 0.25) is 0 Å². The summed E-state index contributed by atoms with van der Waals surface area (Å²) >= 11 is 0. The molecule has 0 radical (unpaired) electrons. The molecule has 0 saturated carbocycles. The number of alkyl halides is 2. The van der Waals surface area contributed by atoms with Crippen molar-refractivity contribution in [3.63, 3.8) is 0 Å². The van der Waals surface area contributed by atoms with E-state index in [0.717, 1.165) is 35.0 Å². The van der Waals surface area contributed by atoms with Crippen LogP contribution < -0.4 is 15.4 Å². The standard InChI is InChI=1S/C26H26F2N6O3/c1-34-23(16-4-6-21(7-5-16)37-25(27)28)19(15-31-34)14-29-24(35)17-2-3-18-13-30-26(33-22(18)12-17)32-20-8-10-36-11-9-20/h2-7,12-13,15,20,25H,8-11,14H2,1H3,(H,29,35)(H,30,32,33). The van der Waals surface area contributed by atoms with Crippen molar-refractivity contribution in [1.29, 1.82) is 0 Å². The third-order valence-corrected chi connectivity index (χ3v) is 6.21. The predicted molar refractivity (Wildman–Crippen MR) is 133 cm³/mol. The zero-order valence-electron chi connectivity index (χ0n) is 20.2. The number of rotatable bonds is 8. The zero-order valence-corrected chi connectivity index (χ0v) is 20.2. The van der Waals surface area contributed by atoms with Gasteiger partial charge >= 0.3 is 6.61 Å². The second-order valence-electron chi connectivity index (χ2n) is 8.73. The maximum Gasteiger partial charge on any atom is 0.387 e. The van der Waals surface area contributed by atoms with Crippen molar-refractivity contribution in [2.24, 2.45) is 7.05 Å². The van der Waals surface area contributed by atoms with E-state index in [1.165, 1.54) is 12.1 Å². The van der Waals surface area contributed by atoms with Gasteiger partial charge in [0.15, 0.2) is 0 Å². The Morgan fingerprint density at radius 3 is 2.70 bits per heavy atom. The fourth-order valence-electron chi connectivity index (χ4n) is 4.31. The molecule has 5 rings (SSSR count). The summed E-state index contributed by atoms with van der Waals surface area (Å²) in [5, 5.41) is 11.4. The van der Waals surface area contributed by atoms with Crippen LogP contribution in [0.1, 0.15) is 28.8 Å². The summed E-state index contributed by atoms with van der Waals surface area (Å²) in [5.74, 6) is 0.346. The van der Waals surface area contributed by atoms with Crippen molar-refractivity contribution >= 4 is 22.8 Å². The minimum atomic E-state index is -2.88. The lowest BCUT2D eigenvalue weighted by atomic mass is 10.1. The van der Waals surface area contributed by atoms with Gasteiger partial charge in [-0.3, -0.25) is 9.48 Å². The number of anilines is 1. The van der Waals surface area contributed by atoms with Gasteiger partial charge in [0.2, 0.25) is 5.95 Å². The van der Waals surface area contributed by atoms with Gasteiger partial charge < -0.3 is 20.1 Å². The number of hydrogen-bond acceptors (Lipinski definition) is 7. The molecular weight excluding hydrogens is 482 g/mol. The van der Waals surface area contributed by atoms with Crippen LogP contribution >= 0.6 is 0 Å². The lowest BCUT2D eigenvalue weighted by Crippen LogP contribution is -2.28. The van der Waals surface area contributed by atoms with Gasteiger partial charge in [0, 0.05) is 61.1 Å². The van der Waals surface area contributed by atoms with Crippen LogP contribution in [0.25, 0.3) is 22.2 Å². The lowest BCUT2D eigenvalue weighted by molar-refractivity contribution is -0.0498. The first-order valence-corrected chi connectivity index (χ1v) is 11.9. The first-order chi connectivity index (χ1) is 18.0. The highest BCUT2D eigenvalue weighted by molar-refractivity contribution is 5.97.